The highest BCUT2D eigenvalue weighted by Gasteiger charge is 2.23. The number of aromatic nitrogens is 2. The zero-order chi connectivity index (χ0) is 20.8. The van der Waals surface area contributed by atoms with Crippen LogP contribution < -0.4 is 19.7 Å². The van der Waals surface area contributed by atoms with Gasteiger partial charge in [0.1, 0.15) is 17.3 Å². The number of carbonyl (C=O) groups is 1. The molecule has 0 radical (unpaired) electrons. The van der Waals surface area contributed by atoms with E-state index in [1.54, 1.807) is 14.2 Å². The van der Waals surface area contributed by atoms with Crippen molar-refractivity contribution in [3.05, 3.63) is 41.3 Å². The van der Waals surface area contributed by atoms with E-state index in [2.05, 4.69) is 27.1 Å². The van der Waals surface area contributed by atoms with Crippen molar-refractivity contribution in [3.8, 4) is 11.5 Å². The first-order valence-corrected chi connectivity index (χ1v) is 10.2. The van der Waals surface area contributed by atoms with Gasteiger partial charge in [0.2, 0.25) is 0 Å². The van der Waals surface area contributed by atoms with Crippen molar-refractivity contribution in [2.24, 2.45) is 0 Å². The van der Waals surface area contributed by atoms with Gasteiger partial charge >= 0.3 is 0 Å². The van der Waals surface area contributed by atoms with Crippen LogP contribution in [0.2, 0.25) is 0 Å². The third-order valence-corrected chi connectivity index (χ3v) is 5.35. The number of benzene rings is 1. The highest BCUT2D eigenvalue weighted by atomic mass is 16.5. The van der Waals surface area contributed by atoms with Gasteiger partial charge in [-0.2, -0.15) is 0 Å². The van der Waals surface area contributed by atoms with Gasteiger partial charge in [-0.25, -0.2) is 9.97 Å². The Kier molecular flexibility index (Phi) is 6.90. The van der Waals surface area contributed by atoms with E-state index in [9.17, 15) is 4.79 Å². The molecule has 1 aromatic heterocycles. The maximum absolute atomic E-state index is 12.8. The number of anilines is 1. The number of amides is 1. The summed E-state index contributed by atoms with van der Waals surface area (Å²) in [6, 6.07) is 7.87. The normalized spacial score (nSPS) is 16.4. The van der Waals surface area contributed by atoms with Crippen LogP contribution in [0, 0.1) is 6.92 Å². The predicted molar refractivity (Wildman–Crippen MR) is 113 cm³/mol. The summed E-state index contributed by atoms with van der Waals surface area (Å²) in [7, 11) is 3.19. The van der Waals surface area contributed by atoms with E-state index in [0.717, 1.165) is 30.8 Å². The fourth-order valence-electron chi connectivity index (χ4n) is 3.81. The third-order valence-electron chi connectivity index (χ3n) is 5.35. The standard InChI is InChI=1S/C22H30N4O3/c1-5-17-8-6-7-11-26(17)21-13-18(24-15(2)25-21)22(27)23-14-16-9-10-19(28-3)20(12-16)29-4/h9-10,12-13,17H,5-8,11,14H2,1-4H3,(H,23,27). The van der Waals surface area contributed by atoms with Crippen molar-refractivity contribution < 1.29 is 14.3 Å². The quantitative estimate of drug-likeness (QED) is 0.769. The molecule has 7 nitrogen and oxygen atoms in total. The SMILES string of the molecule is CCC1CCCCN1c1cc(C(=O)NCc2ccc(OC)c(OC)c2)nc(C)n1. The van der Waals surface area contributed by atoms with Gasteiger partial charge in [0, 0.05) is 25.2 Å². The van der Waals surface area contributed by atoms with Crippen LogP contribution in [0.5, 0.6) is 11.5 Å². The van der Waals surface area contributed by atoms with Gasteiger partial charge in [-0.1, -0.05) is 13.0 Å². The first kappa shape index (κ1) is 20.9. The van der Waals surface area contributed by atoms with Gasteiger partial charge in [-0.15, -0.1) is 0 Å². The monoisotopic (exact) mass is 398 g/mol. The molecule has 1 atom stereocenters. The van der Waals surface area contributed by atoms with Gasteiger partial charge in [0.15, 0.2) is 11.5 Å². The topological polar surface area (TPSA) is 76.6 Å². The molecule has 2 heterocycles. The molecule has 1 aliphatic rings. The lowest BCUT2D eigenvalue weighted by atomic mass is 10.00. The Labute approximate surface area is 172 Å². The molecule has 1 saturated heterocycles. The molecule has 0 bridgehead atoms. The van der Waals surface area contributed by atoms with E-state index < -0.39 is 0 Å². The summed E-state index contributed by atoms with van der Waals surface area (Å²) in [6.45, 7) is 5.38. The van der Waals surface area contributed by atoms with E-state index in [0.29, 0.717) is 35.6 Å². The Bertz CT molecular complexity index is 856. The van der Waals surface area contributed by atoms with E-state index in [1.165, 1.54) is 12.8 Å². The molecule has 29 heavy (non-hydrogen) atoms. The number of ether oxygens (including phenoxy) is 2. The van der Waals surface area contributed by atoms with Crippen LogP contribution in [0.3, 0.4) is 0 Å². The van der Waals surface area contributed by atoms with Crippen LogP contribution in [0.4, 0.5) is 5.82 Å². The summed E-state index contributed by atoms with van der Waals surface area (Å²) in [4.78, 5) is 24.0. The van der Waals surface area contributed by atoms with Crippen LogP contribution >= 0.6 is 0 Å². The molecule has 1 aliphatic heterocycles. The van der Waals surface area contributed by atoms with Gasteiger partial charge in [-0.3, -0.25) is 4.79 Å². The molecule has 2 aromatic rings. The molecule has 1 amide bonds. The fraction of sp³-hybridized carbons (Fsp3) is 0.500. The Morgan fingerprint density at radius 2 is 1.97 bits per heavy atom. The number of nitrogens with one attached hydrogen (secondary N) is 1. The fourth-order valence-corrected chi connectivity index (χ4v) is 3.81. The number of rotatable bonds is 7. The summed E-state index contributed by atoms with van der Waals surface area (Å²) in [5.74, 6) is 2.54. The second kappa shape index (κ2) is 9.58. The van der Waals surface area contributed by atoms with Crippen molar-refractivity contribution in [2.75, 3.05) is 25.7 Å². The van der Waals surface area contributed by atoms with Crippen LogP contribution in [0.15, 0.2) is 24.3 Å². The summed E-state index contributed by atoms with van der Waals surface area (Å²) in [5.41, 5.74) is 1.32. The lowest BCUT2D eigenvalue weighted by Gasteiger charge is -2.36. The first-order chi connectivity index (χ1) is 14.0. The number of methoxy groups -OCH3 is 2. The molecule has 0 spiro atoms. The lowest BCUT2D eigenvalue weighted by Crippen LogP contribution is -2.40. The molecule has 0 saturated carbocycles. The summed E-state index contributed by atoms with van der Waals surface area (Å²) < 4.78 is 10.6. The van der Waals surface area contributed by atoms with E-state index in [1.807, 2.05) is 31.2 Å². The van der Waals surface area contributed by atoms with Crippen molar-refractivity contribution in [2.45, 2.75) is 52.1 Å². The molecule has 1 aromatic carbocycles. The zero-order valence-electron chi connectivity index (χ0n) is 17.7. The smallest absolute Gasteiger partial charge is 0.270 e. The van der Waals surface area contributed by atoms with E-state index in [-0.39, 0.29) is 5.91 Å². The van der Waals surface area contributed by atoms with Crippen LogP contribution in [-0.4, -0.2) is 42.7 Å². The Balaban J connectivity index is 1.73. The minimum absolute atomic E-state index is 0.211. The first-order valence-electron chi connectivity index (χ1n) is 10.2. The molecule has 0 aliphatic carbocycles. The average Bonchev–Trinajstić information content (AvgIpc) is 2.76. The lowest BCUT2D eigenvalue weighted by molar-refractivity contribution is 0.0945. The number of piperidine rings is 1. The number of carbonyl (C=O) groups excluding carboxylic acids is 1. The molecule has 1 unspecified atom stereocenters. The number of hydrogen-bond donors (Lipinski definition) is 1. The zero-order valence-corrected chi connectivity index (χ0v) is 17.7. The van der Waals surface area contributed by atoms with Gasteiger partial charge in [0.25, 0.3) is 5.91 Å². The number of aryl methyl sites for hydroxylation is 1. The Morgan fingerprint density at radius 1 is 1.17 bits per heavy atom. The highest BCUT2D eigenvalue weighted by Crippen LogP contribution is 2.28. The number of hydrogen-bond acceptors (Lipinski definition) is 6. The van der Waals surface area contributed by atoms with Crippen LogP contribution in [0.1, 0.15) is 54.5 Å². The van der Waals surface area contributed by atoms with Crippen molar-refractivity contribution in [1.82, 2.24) is 15.3 Å². The molecular weight excluding hydrogens is 368 g/mol. The van der Waals surface area contributed by atoms with Crippen molar-refractivity contribution in [3.63, 3.8) is 0 Å². The second-order valence-corrected chi connectivity index (χ2v) is 7.28. The molecule has 7 heteroatoms. The van der Waals surface area contributed by atoms with Crippen molar-refractivity contribution in [1.29, 1.82) is 0 Å². The summed E-state index contributed by atoms with van der Waals surface area (Å²) >= 11 is 0. The molecule has 156 valence electrons. The van der Waals surface area contributed by atoms with E-state index in [4.69, 9.17) is 9.47 Å². The molecule has 1 fully saturated rings. The Morgan fingerprint density at radius 3 is 2.69 bits per heavy atom. The minimum atomic E-state index is -0.211. The highest BCUT2D eigenvalue weighted by molar-refractivity contribution is 5.93. The molecular formula is C22H30N4O3. The van der Waals surface area contributed by atoms with Crippen LogP contribution in [-0.2, 0) is 6.54 Å². The number of nitrogens with zero attached hydrogens (tertiary/aromatic N) is 3. The third kappa shape index (κ3) is 4.96. The average molecular weight is 399 g/mol. The van der Waals surface area contributed by atoms with Gasteiger partial charge in [-0.05, 0) is 50.3 Å². The second-order valence-electron chi connectivity index (χ2n) is 7.28. The predicted octanol–water partition coefficient (Wildman–Crippen LogP) is 3.50. The minimum Gasteiger partial charge on any atom is -0.493 e. The van der Waals surface area contributed by atoms with E-state index >= 15 is 0 Å². The summed E-state index contributed by atoms with van der Waals surface area (Å²) in [6.07, 6.45) is 4.64. The van der Waals surface area contributed by atoms with Gasteiger partial charge in [0.05, 0.1) is 14.2 Å². The van der Waals surface area contributed by atoms with Gasteiger partial charge < -0.3 is 19.7 Å². The largest absolute Gasteiger partial charge is 0.493 e. The molecule has 3 rings (SSSR count). The van der Waals surface area contributed by atoms with Crippen LogP contribution in [0.25, 0.3) is 0 Å². The van der Waals surface area contributed by atoms with Crippen molar-refractivity contribution >= 4 is 11.7 Å². The Hall–Kier alpha value is -2.83. The maximum atomic E-state index is 12.8. The molecule has 1 N–H and O–H groups in total. The summed E-state index contributed by atoms with van der Waals surface area (Å²) in [5, 5.41) is 2.94. The maximum Gasteiger partial charge on any atom is 0.270 e.